The van der Waals surface area contributed by atoms with Crippen LogP contribution in [-0.4, -0.2) is 38.1 Å². The van der Waals surface area contributed by atoms with E-state index in [-0.39, 0.29) is 5.91 Å². The third-order valence-corrected chi connectivity index (χ3v) is 3.39. The van der Waals surface area contributed by atoms with Crippen molar-refractivity contribution < 1.29 is 9.53 Å². The van der Waals surface area contributed by atoms with Crippen molar-refractivity contribution in [3.63, 3.8) is 0 Å². The molecule has 1 N–H and O–H groups in total. The van der Waals surface area contributed by atoms with Gasteiger partial charge in [0.05, 0.1) is 13.7 Å². The number of anilines is 1. The molecule has 0 bridgehead atoms. The van der Waals surface area contributed by atoms with Crippen molar-refractivity contribution in [2.45, 2.75) is 6.42 Å². The predicted molar refractivity (Wildman–Crippen MR) is 89.3 cm³/mol. The minimum Gasteiger partial charge on any atom is -0.497 e. The molecular formula is C18H22N2O2. The predicted octanol–water partition coefficient (Wildman–Crippen LogP) is 2.81. The van der Waals surface area contributed by atoms with Crippen LogP contribution < -0.4 is 10.1 Å². The number of benzene rings is 2. The highest BCUT2D eigenvalue weighted by molar-refractivity contribution is 5.92. The molecule has 116 valence electrons. The van der Waals surface area contributed by atoms with Crippen molar-refractivity contribution in [3.8, 4) is 5.75 Å². The zero-order valence-electron chi connectivity index (χ0n) is 13.1. The van der Waals surface area contributed by atoms with Gasteiger partial charge < -0.3 is 10.1 Å². The van der Waals surface area contributed by atoms with Crippen LogP contribution in [0.15, 0.2) is 54.6 Å². The fourth-order valence-corrected chi connectivity index (χ4v) is 2.19. The van der Waals surface area contributed by atoms with Crippen molar-refractivity contribution in [3.05, 3.63) is 60.2 Å². The topological polar surface area (TPSA) is 41.6 Å². The van der Waals surface area contributed by atoms with Crippen LogP contribution in [0.2, 0.25) is 0 Å². The number of ether oxygens (including phenoxy) is 1. The minimum absolute atomic E-state index is 0.0242. The van der Waals surface area contributed by atoms with Crippen LogP contribution in [0.25, 0.3) is 0 Å². The quantitative estimate of drug-likeness (QED) is 0.854. The van der Waals surface area contributed by atoms with Crippen molar-refractivity contribution >= 4 is 11.6 Å². The summed E-state index contributed by atoms with van der Waals surface area (Å²) in [5.41, 5.74) is 2.03. The molecule has 0 aliphatic rings. The van der Waals surface area contributed by atoms with Crippen LogP contribution in [0, 0.1) is 0 Å². The van der Waals surface area contributed by atoms with Gasteiger partial charge in [-0.15, -0.1) is 0 Å². The van der Waals surface area contributed by atoms with Crippen LogP contribution >= 0.6 is 0 Å². The summed E-state index contributed by atoms with van der Waals surface area (Å²) in [5, 5.41) is 2.89. The third-order valence-electron chi connectivity index (χ3n) is 3.39. The number of hydrogen-bond donors (Lipinski definition) is 1. The number of carbonyl (C=O) groups excluding carboxylic acids is 1. The molecule has 0 aliphatic heterocycles. The Morgan fingerprint density at radius 3 is 2.64 bits per heavy atom. The monoisotopic (exact) mass is 298 g/mol. The maximum absolute atomic E-state index is 12.0. The highest BCUT2D eigenvalue weighted by atomic mass is 16.5. The highest BCUT2D eigenvalue weighted by Gasteiger charge is 2.07. The Kier molecular flexibility index (Phi) is 5.98. The number of likely N-dealkylation sites (N-methyl/N-ethyl adjacent to an activating group) is 1. The Hall–Kier alpha value is -2.33. The summed E-state index contributed by atoms with van der Waals surface area (Å²) in [6.45, 7) is 1.21. The summed E-state index contributed by atoms with van der Waals surface area (Å²) in [4.78, 5) is 14.1. The zero-order chi connectivity index (χ0) is 15.8. The van der Waals surface area contributed by atoms with E-state index in [0.717, 1.165) is 24.4 Å². The molecule has 0 atom stereocenters. The molecule has 0 saturated heterocycles. The van der Waals surface area contributed by atoms with E-state index in [4.69, 9.17) is 4.74 Å². The van der Waals surface area contributed by atoms with E-state index >= 15 is 0 Å². The summed E-state index contributed by atoms with van der Waals surface area (Å²) in [7, 11) is 3.56. The van der Waals surface area contributed by atoms with E-state index in [0.29, 0.717) is 6.54 Å². The van der Waals surface area contributed by atoms with Gasteiger partial charge in [0, 0.05) is 18.3 Å². The summed E-state index contributed by atoms with van der Waals surface area (Å²) in [6.07, 6.45) is 0.934. The molecule has 4 heteroatoms. The summed E-state index contributed by atoms with van der Waals surface area (Å²) >= 11 is 0. The van der Waals surface area contributed by atoms with Crippen LogP contribution in [0.3, 0.4) is 0 Å². The van der Waals surface area contributed by atoms with Gasteiger partial charge in [-0.25, -0.2) is 0 Å². The second-order valence-corrected chi connectivity index (χ2v) is 5.25. The number of carbonyl (C=O) groups is 1. The fourth-order valence-electron chi connectivity index (χ4n) is 2.19. The van der Waals surface area contributed by atoms with Crippen molar-refractivity contribution in [2.75, 3.05) is 32.6 Å². The minimum atomic E-state index is -0.0242. The average Bonchev–Trinajstić information content (AvgIpc) is 2.54. The molecule has 2 rings (SSSR count). The van der Waals surface area contributed by atoms with Gasteiger partial charge in [-0.05, 0) is 31.2 Å². The largest absolute Gasteiger partial charge is 0.497 e. The molecule has 0 heterocycles. The standard InChI is InChI=1S/C18H22N2O2/c1-20(12-11-15-7-4-3-5-8-15)14-18(21)19-16-9-6-10-17(13-16)22-2/h3-10,13H,11-12,14H2,1-2H3,(H,19,21). The van der Waals surface area contributed by atoms with Crippen molar-refractivity contribution in [2.24, 2.45) is 0 Å². The number of nitrogens with one attached hydrogen (secondary N) is 1. The van der Waals surface area contributed by atoms with Crippen LogP contribution in [-0.2, 0) is 11.2 Å². The molecule has 2 aromatic carbocycles. The van der Waals surface area contributed by atoms with Crippen LogP contribution in [0.5, 0.6) is 5.75 Å². The molecule has 4 nitrogen and oxygen atoms in total. The Balaban J connectivity index is 1.78. The van der Waals surface area contributed by atoms with Crippen LogP contribution in [0.4, 0.5) is 5.69 Å². The molecule has 0 spiro atoms. The SMILES string of the molecule is COc1cccc(NC(=O)CN(C)CCc2ccccc2)c1. The number of amides is 1. The van der Waals surface area contributed by atoms with Crippen molar-refractivity contribution in [1.29, 1.82) is 0 Å². The first-order valence-electron chi connectivity index (χ1n) is 7.34. The zero-order valence-corrected chi connectivity index (χ0v) is 13.1. The van der Waals surface area contributed by atoms with E-state index in [1.165, 1.54) is 5.56 Å². The lowest BCUT2D eigenvalue weighted by Crippen LogP contribution is -2.31. The maximum atomic E-state index is 12.0. The van der Waals surface area contributed by atoms with Crippen molar-refractivity contribution in [1.82, 2.24) is 4.90 Å². The molecule has 0 aromatic heterocycles. The first-order valence-corrected chi connectivity index (χ1v) is 7.34. The molecule has 0 fully saturated rings. The smallest absolute Gasteiger partial charge is 0.238 e. The molecule has 22 heavy (non-hydrogen) atoms. The van der Waals surface area contributed by atoms with Gasteiger partial charge in [0.1, 0.15) is 5.75 Å². The molecule has 0 saturated carbocycles. The fraction of sp³-hybridized carbons (Fsp3) is 0.278. The third kappa shape index (κ3) is 5.22. The second kappa shape index (κ2) is 8.20. The Morgan fingerprint density at radius 2 is 1.91 bits per heavy atom. The molecule has 0 aliphatic carbocycles. The van der Waals surface area contributed by atoms with E-state index in [1.54, 1.807) is 7.11 Å². The van der Waals surface area contributed by atoms with E-state index in [9.17, 15) is 4.79 Å². The number of hydrogen-bond acceptors (Lipinski definition) is 3. The summed E-state index contributed by atoms with van der Waals surface area (Å²) in [5.74, 6) is 0.707. The lowest BCUT2D eigenvalue weighted by molar-refractivity contribution is -0.117. The van der Waals surface area contributed by atoms with Gasteiger partial charge in [0.2, 0.25) is 5.91 Å². The van der Waals surface area contributed by atoms with E-state index < -0.39 is 0 Å². The first-order chi connectivity index (χ1) is 10.7. The Morgan fingerprint density at radius 1 is 1.14 bits per heavy atom. The van der Waals surface area contributed by atoms with Crippen LogP contribution in [0.1, 0.15) is 5.56 Å². The molecular weight excluding hydrogens is 276 g/mol. The van der Waals surface area contributed by atoms with E-state index in [1.807, 2.05) is 54.4 Å². The molecule has 0 unspecified atom stereocenters. The van der Waals surface area contributed by atoms with Gasteiger partial charge in [0.15, 0.2) is 0 Å². The van der Waals surface area contributed by atoms with E-state index in [2.05, 4.69) is 17.4 Å². The van der Waals surface area contributed by atoms with Gasteiger partial charge in [0.25, 0.3) is 0 Å². The molecule has 1 amide bonds. The number of nitrogens with zero attached hydrogens (tertiary/aromatic N) is 1. The lowest BCUT2D eigenvalue weighted by atomic mass is 10.1. The number of methoxy groups -OCH3 is 1. The lowest BCUT2D eigenvalue weighted by Gasteiger charge is -2.16. The summed E-state index contributed by atoms with van der Waals surface area (Å²) in [6, 6.07) is 17.6. The number of rotatable bonds is 7. The summed E-state index contributed by atoms with van der Waals surface area (Å²) < 4.78 is 5.14. The Bertz CT molecular complexity index is 599. The molecule has 2 aromatic rings. The second-order valence-electron chi connectivity index (χ2n) is 5.25. The average molecular weight is 298 g/mol. The highest BCUT2D eigenvalue weighted by Crippen LogP contribution is 2.16. The van der Waals surface area contributed by atoms with Gasteiger partial charge in [-0.1, -0.05) is 36.4 Å². The maximum Gasteiger partial charge on any atom is 0.238 e. The van der Waals surface area contributed by atoms with Gasteiger partial charge in [-0.3, -0.25) is 9.69 Å². The Labute approximate surface area is 131 Å². The molecule has 0 radical (unpaired) electrons. The van der Waals surface area contributed by atoms with Gasteiger partial charge >= 0.3 is 0 Å². The van der Waals surface area contributed by atoms with Gasteiger partial charge in [-0.2, -0.15) is 0 Å². The first kappa shape index (κ1) is 16.0. The normalized spacial score (nSPS) is 10.5.